The molecule has 2 amide bonds. The lowest BCUT2D eigenvalue weighted by atomic mass is 10.1. The fourth-order valence-electron chi connectivity index (χ4n) is 3.86. The fraction of sp³-hybridized carbons (Fsp3) is 0.550. The largest absolute Gasteiger partial charge is 0.493 e. The minimum atomic E-state index is -0.100. The maximum Gasteiger partial charge on any atom is 0.321 e. The van der Waals surface area contributed by atoms with Gasteiger partial charge in [0.25, 0.3) is 0 Å². The van der Waals surface area contributed by atoms with E-state index in [1.54, 1.807) is 0 Å². The van der Waals surface area contributed by atoms with Gasteiger partial charge in [-0.2, -0.15) is 4.98 Å². The van der Waals surface area contributed by atoms with Crippen molar-refractivity contribution in [2.24, 2.45) is 0 Å². The Balaban J connectivity index is 1.26. The van der Waals surface area contributed by atoms with Crippen LogP contribution in [-0.2, 0) is 6.42 Å². The molecule has 0 bridgehead atoms. The Hall–Kier alpha value is -2.61. The Labute approximate surface area is 163 Å². The number of likely N-dealkylation sites (N-methyl/N-ethyl adjacent to an activating group) is 1. The van der Waals surface area contributed by atoms with Crippen LogP contribution in [-0.4, -0.2) is 59.3 Å². The van der Waals surface area contributed by atoms with E-state index in [0.717, 1.165) is 61.7 Å². The lowest BCUT2D eigenvalue weighted by Crippen LogP contribution is -2.50. The van der Waals surface area contributed by atoms with Crippen molar-refractivity contribution in [3.05, 3.63) is 35.5 Å². The molecule has 8 heteroatoms. The average molecular weight is 383 g/mol. The molecule has 8 nitrogen and oxygen atoms in total. The molecule has 3 heterocycles. The number of hydrogen-bond donors (Lipinski definition) is 1. The minimum Gasteiger partial charge on any atom is -0.493 e. The second-order valence-electron chi connectivity index (χ2n) is 7.91. The molecule has 1 atom stereocenters. The number of nitrogens with one attached hydrogen (secondary N) is 1. The summed E-state index contributed by atoms with van der Waals surface area (Å²) in [6, 6.07) is 5.68. The Kier molecular flexibility index (Phi) is 4.43. The van der Waals surface area contributed by atoms with Crippen LogP contribution in [0.3, 0.4) is 0 Å². The molecule has 1 aromatic heterocycles. The summed E-state index contributed by atoms with van der Waals surface area (Å²) in [6.45, 7) is 2.72. The number of rotatable bonds is 3. The van der Waals surface area contributed by atoms with Crippen LogP contribution in [0.4, 0.5) is 10.5 Å². The molecule has 1 saturated heterocycles. The topological polar surface area (TPSA) is 83.7 Å². The molecule has 28 heavy (non-hydrogen) atoms. The number of piperazine rings is 1. The molecule has 1 aliphatic carbocycles. The number of fused-ring (bicyclic) bond motifs is 1. The molecule has 1 saturated carbocycles. The van der Waals surface area contributed by atoms with Crippen molar-refractivity contribution in [1.29, 1.82) is 0 Å². The number of carbonyl (C=O) groups excluding carboxylic acids is 1. The van der Waals surface area contributed by atoms with E-state index in [1.165, 1.54) is 0 Å². The summed E-state index contributed by atoms with van der Waals surface area (Å²) < 4.78 is 11.2. The van der Waals surface area contributed by atoms with Crippen LogP contribution in [0.15, 0.2) is 22.7 Å². The van der Waals surface area contributed by atoms with Gasteiger partial charge in [0.05, 0.1) is 6.61 Å². The molecular weight excluding hydrogens is 358 g/mol. The number of aromatic nitrogens is 2. The van der Waals surface area contributed by atoms with Gasteiger partial charge in [-0.15, -0.1) is 0 Å². The van der Waals surface area contributed by atoms with Crippen LogP contribution in [0.5, 0.6) is 5.75 Å². The third kappa shape index (κ3) is 3.44. The highest BCUT2D eigenvalue weighted by atomic mass is 16.5. The Bertz CT molecular complexity index is 878. The Morgan fingerprint density at radius 1 is 1.29 bits per heavy atom. The summed E-state index contributed by atoms with van der Waals surface area (Å²) in [5.41, 5.74) is 1.96. The van der Waals surface area contributed by atoms with Gasteiger partial charge in [-0.1, -0.05) is 5.16 Å². The number of aryl methyl sites for hydroxylation is 1. The number of nitrogens with zero attached hydrogens (tertiary/aromatic N) is 4. The van der Waals surface area contributed by atoms with E-state index < -0.39 is 0 Å². The summed E-state index contributed by atoms with van der Waals surface area (Å²) in [4.78, 5) is 21.4. The van der Waals surface area contributed by atoms with E-state index in [4.69, 9.17) is 9.26 Å². The summed E-state index contributed by atoms with van der Waals surface area (Å²) in [6.07, 6.45) is 4.27. The summed E-state index contributed by atoms with van der Waals surface area (Å²) in [5, 5.41) is 7.15. The van der Waals surface area contributed by atoms with Crippen molar-refractivity contribution < 1.29 is 14.1 Å². The maximum absolute atomic E-state index is 12.8. The fourth-order valence-corrected chi connectivity index (χ4v) is 3.86. The van der Waals surface area contributed by atoms with E-state index in [1.807, 2.05) is 30.1 Å². The van der Waals surface area contributed by atoms with E-state index in [-0.39, 0.29) is 12.1 Å². The van der Waals surface area contributed by atoms with Crippen molar-refractivity contribution in [2.45, 2.75) is 37.6 Å². The standard InChI is InChI=1S/C20H25N5O3/c1-24-8-9-25(12-16(24)19-22-18(23-28-19)13-4-5-13)20(26)21-15-6-7-17-14(11-15)3-2-10-27-17/h6-7,11,13,16H,2-5,8-10,12H2,1H3,(H,21,26). The first-order valence-electron chi connectivity index (χ1n) is 10.0. The molecule has 148 valence electrons. The normalized spacial score (nSPS) is 22.5. The van der Waals surface area contributed by atoms with Crippen LogP contribution in [0.1, 0.15) is 48.5 Å². The van der Waals surface area contributed by atoms with Gasteiger partial charge in [0.1, 0.15) is 11.8 Å². The second kappa shape index (κ2) is 7.09. The van der Waals surface area contributed by atoms with Gasteiger partial charge >= 0.3 is 6.03 Å². The van der Waals surface area contributed by atoms with Crippen molar-refractivity contribution in [3.8, 4) is 5.75 Å². The first-order chi connectivity index (χ1) is 13.7. The van der Waals surface area contributed by atoms with Crippen molar-refractivity contribution in [3.63, 3.8) is 0 Å². The van der Waals surface area contributed by atoms with E-state index in [9.17, 15) is 4.79 Å². The zero-order chi connectivity index (χ0) is 19.1. The maximum atomic E-state index is 12.8. The first kappa shape index (κ1) is 17.5. The predicted molar refractivity (Wildman–Crippen MR) is 102 cm³/mol. The predicted octanol–water partition coefficient (Wildman–Crippen LogP) is 2.79. The summed E-state index contributed by atoms with van der Waals surface area (Å²) in [7, 11) is 2.03. The molecule has 1 N–H and O–H groups in total. The van der Waals surface area contributed by atoms with E-state index in [0.29, 0.717) is 24.9 Å². The molecule has 2 aliphatic heterocycles. The van der Waals surface area contributed by atoms with Crippen LogP contribution in [0.2, 0.25) is 0 Å². The Morgan fingerprint density at radius 2 is 2.18 bits per heavy atom. The number of carbonyl (C=O) groups is 1. The SMILES string of the molecule is CN1CCN(C(=O)Nc2ccc3c(c2)CCCO3)CC1c1nc(C2CC2)no1. The van der Waals surface area contributed by atoms with Crippen LogP contribution < -0.4 is 10.1 Å². The number of urea groups is 1. The number of amides is 2. The van der Waals surface area contributed by atoms with E-state index in [2.05, 4.69) is 20.4 Å². The highest BCUT2D eigenvalue weighted by molar-refractivity contribution is 5.89. The average Bonchev–Trinajstić information content (AvgIpc) is 3.45. The monoisotopic (exact) mass is 383 g/mol. The zero-order valence-electron chi connectivity index (χ0n) is 16.1. The first-order valence-corrected chi connectivity index (χ1v) is 10.0. The smallest absolute Gasteiger partial charge is 0.321 e. The molecule has 0 radical (unpaired) electrons. The molecule has 5 rings (SSSR count). The van der Waals surface area contributed by atoms with Gasteiger partial charge in [0.15, 0.2) is 5.82 Å². The minimum absolute atomic E-state index is 0.0727. The van der Waals surface area contributed by atoms with Gasteiger partial charge in [-0.3, -0.25) is 4.90 Å². The van der Waals surface area contributed by atoms with Crippen molar-refractivity contribution >= 4 is 11.7 Å². The molecule has 1 aromatic carbocycles. The van der Waals surface area contributed by atoms with Crippen LogP contribution in [0.25, 0.3) is 0 Å². The molecule has 2 aromatic rings. The zero-order valence-corrected chi connectivity index (χ0v) is 16.1. The van der Waals surface area contributed by atoms with Gasteiger partial charge in [-0.05, 0) is 56.5 Å². The van der Waals surface area contributed by atoms with Crippen LogP contribution in [0, 0.1) is 0 Å². The van der Waals surface area contributed by atoms with Crippen LogP contribution >= 0.6 is 0 Å². The molecular formula is C20H25N5O3. The number of hydrogen-bond acceptors (Lipinski definition) is 6. The number of anilines is 1. The lowest BCUT2D eigenvalue weighted by Gasteiger charge is -2.37. The summed E-state index contributed by atoms with van der Waals surface area (Å²) >= 11 is 0. The molecule has 0 spiro atoms. The molecule has 2 fully saturated rings. The Morgan fingerprint density at radius 3 is 3.04 bits per heavy atom. The molecule has 3 aliphatic rings. The lowest BCUT2D eigenvalue weighted by molar-refractivity contribution is 0.0960. The molecule has 1 unspecified atom stereocenters. The number of ether oxygens (including phenoxy) is 1. The van der Waals surface area contributed by atoms with Gasteiger partial charge in [-0.25, -0.2) is 4.79 Å². The van der Waals surface area contributed by atoms with Gasteiger partial charge in [0.2, 0.25) is 5.89 Å². The quantitative estimate of drug-likeness (QED) is 0.877. The van der Waals surface area contributed by atoms with Gasteiger partial charge < -0.3 is 19.5 Å². The summed E-state index contributed by atoms with van der Waals surface area (Å²) in [5.74, 6) is 2.79. The van der Waals surface area contributed by atoms with Gasteiger partial charge in [0, 0.05) is 31.2 Å². The second-order valence-corrected chi connectivity index (χ2v) is 7.91. The highest BCUT2D eigenvalue weighted by Crippen LogP contribution is 2.39. The third-order valence-electron chi connectivity index (χ3n) is 5.78. The van der Waals surface area contributed by atoms with E-state index >= 15 is 0 Å². The van der Waals surface area contributed by atoms with Crippen molar-refractivity contribution in [1.82, 2.24) is 19.9 Å². The number of benzene rings is 1. The van der Waals surface area contributed by atoms with Crippen molar-refractivity contribution in [2.75, 3.05) is 38.6 Å². The third-order valence-corrected chi connectivity index (χ3v) is 5.78. The highest BCUT2D eigenvalue weighted by Gasteiger charge is 2.35.